The van der Waals surface area contributed by atoms with E-state index in [1.807, 2.05) is 0 Å². The Morgan fingerprint density at radius 2 is 0.685 bits per heavy atom. The number of hydrogen-bond acceptors (Lipinski definition) is 3. The predicted molar refractivity (Wildman–Crippen MR) is 225 cm³/mol. The second-order valence-corrected chi connectivity index (χ2v) is 13.6. The third-order valence-electron chi connectivity index (χ3n) is 10.3. The Morgan fingerprint density at radius 1 is 0.222 bits per heavy atom. The molecular weight excluding hydrogens is 655 g/mol. The quantitative estimate of drug-likeness (QED) is 0.175. The fraction of sp³-hybridized carbons (Fsp3) is 0. The number of aromatic nitrogens is 3. The topological polar surface area (TPSA) is 38.7 Å². The second-order valence-electron chi connectivity index (χ2n) is 13.6. The molecule has 0 aliphatic carbocycles. The summed E-state index contributed by atoms with van der Waals surface area (Å²) in [7, 11) is 0. The molecule has 0 atom stereocenters. The van der Waals surface area contributed by atoms with E-state index in [4.69, 9.17) is 15.0 Å². The van der Waals surface area contributed by atoms with E-state index >= 15 is 0 Å². The average Bonchev–Trinajstić information content (AvgIpc) is 3.26. The van der Waals surface area contributed by atoms with E-state index < -0.39 is 0 Å². The van der Waals surface area contributed by atoms with Crippen LogP contribution in [0.5, 0.6) is 0 Å². The van der Waals surface area contributed by atoms with Crippen molar-refractivity contribution in [1.82, 2.24) is 15.0 Å². The van der Waals surface area contributed by atoms with Gasteiger partial charge >= 0.3 is 0 Å². The lowest BCUT2D eigenvalue weighted by Crippen LogP contribution is -2.01. The van der Waals surface area contributed by atoms with Gasteiger partial charge in [-0.15, -0.1) is 0 Å². The third-order valence-corrected chi connectivity index (χ3v) is 10.3. The fourth-order valence-corrected chi connectivity index (χ4v) is 7.60. The van der Waals surface area contributed by atoms with Crippen LogP contribution < -0.4 is 0 Å². The highest BCUT2D eigenvalue weighted by Gasteiger charge is 2.17. The van der Waals surface area contributed by atoms with Crippen LogP contribution in [0.25, 0.3) is 99.9 Å². The summed E-state index contributed by atoms with van der Waals surface area (Å²) in [4.78, 5) is 15.7. The minimum Gasteiger partial charge on any atom is -0.208 e. The maximum Gasteiger partial charge on any atom is 0.164 e. The minimum atomic E-state index is 0.634. The van der Waals surface area contributed by atoms with Crippen LogP contribution in [0.3, 0.4) is 0 Å². The molecule has 252 valence electrons. The maximum absolute atomic E-state index is 5.23. The van der Waals surface area contributed by atoms with Gasteiger partial charge in [-0.25, -0.2) is 15.0 Å². The van der Waals surface area contributed by atoms with E-state index in [1.54, 1.807) is 0 Å². The largest absolute Gasteiger partial charge is 0.208 e. The molecule has 0 radical (unpaired) electrons. The van der Waals surface area contributed by atoms with Crippen molar-refractivity contribution in [2.24, 2.45) is 0 Å². The van der Waals surface area contributed by atoms with Gasteiger partial charge in [0, 0.05) is 16.7 Å². The molecule has 0 aliphatic heterocycles. The number of nitrogens with zero attached hydrogens (tertiary/aromatic N) is 3. The summed E-state index contributed by atoms with van der Waals surface area (Å²) in [6.45, 7) is 0. The van der Waals surface area contributed by atoms with Gasteiger partial charge in [-0.3, -0.25) is 0 Å². The zero-order chi connectivity index (χ0) is 35.8. The molecule has 0 bridgehead atoms. The van der Waals surface area contributed by atoms with Gasteiger partial charge in [-0.05, 0) is 90.0 Å². The Morgan fingerprint density at radius 3 is 1.41 bits per heavy atom. The summed E-state index contributed by atoms with van der Waals surface area (Å²) in [6.07, 6.45) is 0. The standard InChI is InChI=1S/C51H33N3/c1-3-13-34(14-4-1)38-25-26-41-32-39(27-28-40(41)31-38)37-19-11-20-42(33-37)49-52-50(47-24-12-18-36-17-7-8-21-43(36)47)54-51(53-49)48-30-29-44(35-15-5-2-6-16-35)45-22-9-10-23-46(45)48/h1-33H. The van der Waals surface area contributed by atoms with E-state index in [2.05, 4.69) is 200 Å². The Kier molecular flexibility index (Phi) is 7.81. The zero-order valence-corrected chi connectivity index (χ0v) is 29.4. The number of rotatable bonds is 6. The molecule has 0 unspecified atom stereocenters. The minimum absolute atomic E-state index is 0.634. The van der Waals surface area contributed by atoms with Crippen molar-refractivity contribution in [2.45, 2.75) is 0 Å². The molecule has 54 heavy (non-hydrogen) atoms. The van der Waals surface area contributed by atoms with E-state index in [0.717, 1.165) is 49.4 Å². The SMILES string of the molecule is c1ccc(-c2ccc3cc(-c4cccc(-c5nc(-c6cccc7ccccc67)nc(-c6ccc(-c7ccccc7)c7ccccc67)n5)c4)ccc3c2)cc1. The Labute approximate surface area is 313 Å². The van der Waals surface area contributed by atoms with Crippen LogP contribution in [0.2, 0.25) is 0 Å². The molecule has 1 aromatic heterocycles. The van der Waals surface area contributed by atoms with Crippen molar-refractivity contribution in [3.63, 3.8) is 0 Å². The predicted octanol–water partition coefficient (Wildman–Crippen LogP) is 13.3. The molecule has 3 heteroatoms. The summed E-state index contributed by atoms with van der Waals surface area (Å²) in [5, 5.41) is 6.91. The summed E-state index contributed by atoms with van der Waals surface area (Å²) in [5.41, 5.74) is 9.91. The summed E-state index contributed by atoms with van der Waals surface area (Å²) in [6, 6.07) is 70.6. The zero-order valence-electron chi connectivity index (χ0n) is 29.4. The normalized spacial score (nSPS) is 11.3. The van der Waals surface area contributed by atoms with Crippen LogP contribution in [0.1, 0.15) is 0 Å². The number of fused-ring (bicyclic) bond motifs is 3. The molecule has 0 saturated heterocycles. The van der Waals surface area contributed by atoms with E-state index in [1.165, 1.54) is 33.0 Å². The van der Waals surface area contributed by atoms with Crippen molar-refractivity contribution in [2.75, 3.05) is 0 Å². The molecule has 0 saturated carbocycles. The van der Waals surface area contributed by atoms with Gasteiger partial charge in [0.1, 0.15) is 0 Å². The highest BCUT2D eigenvalue weighted by atomic mass is 15.0. The molecule has 9 aromatic carbocycles. The lowest BCUT2D eigenvalue weighted by molar-refractivity contribution is 1.08. The van der Waals surface area contributed by atoms with Crippen LogP contribution in [0, 0.1) is 0 Å². The van der Waals surface area contributed by atoms with Crippen molar-refractivity contribution in [3.8, 4) is 67.5 Å². The van der Waals surface area contributed by atoms with Gasteiger partial charge in [0.25, 0.3) is 0 Å². The third kappa shape index (κ3) is 5.78. The first kappa shape index (κ1) is 31.5. The highest BCUT2D eigenvalue weighted by molar-refractivity contribution is 6.04. The van der Waals surface area contributed by atoms with Crippen LogP contribution >= 0.6 is 0 Å². The molecule has 10 rings (SSSR count). The average molecular weight is 688 g/mol. The number of hydrogen-bond donors (Lipinski definition) is 0. The van der Waals surface area contributed by atoms with Crippen LogP contribution in [0.15, 0.2) is 200 Å². The molecule has 10 aromatic rings. The first-order valence-electron chi connectivity index (χ1n) is 18.3. The lowest BCUT2D eigenvalue weighted by atomic mass is 9.94. The van der Waals surface area contributed by atoms with Gasteiger partial charge < -0.3 is 0 Å². The van der Waals surface area contributed by atoms with Crippen molar-refractivity contribution in [1.29, 1.82) is 0 Å². The molecular formula is C51H33N3. The van der Waals surface area contributed by atoms with Crippen LogP contribution in [0.4, 0.5) is 0 Å². The molecule has 0 aliphatic rings. The highest BCUT2D eigenvalue weighted by Crippen LogP contribution is 2.37. The molecule has 0 amide bonds. The van der Waals surface area contributed by atoms with Crippen molar-refractivity contribution in [3.05, 3.63) is 200 Å². The van der Waals surface area contributed by atoms with E-state index in [0.29, 0.717) is 17.5 Å². The van der Waals surface area contributed by atoms with Crippen LogP contribution in [-0.4, -0.2) is 15.0 Å². The maximum atomic E-state index is 5.23. The smallest absolute Gasteiger partial charge is 0.164 e. The Hall–Kier alpha value is -7.23. The first-order valence-corrected chi connectivity index (χ1v) is 18.3. The van der Waals surface area contributed by atoms with Gasteiger partial charge in [0.15, 0.2) is 17.5 Å². The van der Waals surface area contributed by atoms with Gasteiger partial charge in [-0.1, -0.05) is 176 Å². The summed E-state index contributed by atoms with van der Waals surface area (Å²) in [5.74, 6) is 1.92. The fourth-order valence-electron chi connectivity index (χ4n) is 7.60. The molecule has 3 nitrogen and oxygen atoms in total. The Bertz CT molecular complexity index is 2980. The second kappa shape index (κ2) is 13.4. The van der Waals surface area contributed by atoms with E-state index in [9.17, 15) is 0 Å². The van der Waals surface area contributed by atoms with Crippen LogP contribution in [-0.2, 0) is 0 Å². The summed E-state index contributed by atoms with van der Waals surface area (Å²) < 4.78 is 0. The summed E-state index contributed by atoms with van der Waals surface area (Å²) >= 11 is 0. The molecule has 0 N–H and O–H groups in total. The molecule has 1 heterocycles. The van der Waals surface area contributed by atoms with Gasteiger partial charge in [0.05, 0.1) is 0 Å². The number of benzene rings is 9. The van der Waals surface area contributed by atoms with Crippen molar-refractivity contribution >= 4 is 32.3 Å². The van der Waals surface area contributed by atoms with Gasteiger partial charge in [0.2, 0.25) is 0 Å². The Balaban J connectivity index is 1.12. The lowest BCUT2D eigenvalue weighted by Gasteiger charge is -2.14. The monoisotopic (exact) mass is 687 g/mol. The van der Waals surface area contributed by atoms with E-state index in [-0.39, 0.29) is 0 Å². The molecule has 0 spiro atoms. The molecule has 0 fully saturated rings. The first-order chi connectivity index (χ1) is 26.7. The van der Waals surface area contributed by atoms with Crippen molar-refractivity contribution < 1.29 is 0 Å². The van der Waals surface area contributed by atoms with Gasteiger partial charge in [-0.2, -0.15) is 0 Å².